The number of aliphatic hydroxyl groups is 11. The van der Waals surface area contributed by atoms with E-state index in [1.807, 2.05) is 0 Å². The third kappa shape index (κ3) is 7.55. The second-order valence-electron chi connectivity index (χ2n) is 11.7. The van der Waals surface area contributed by atoms with Crippen molar-refractivity contribution in [2.24, 2.45) is 40.3 Å². The van der Waals surface area contributed by atoms with Crippen molar-refractivity contribution >= 4 is 0 Å². The largest absolute Gasteiger partial charge is 0.394 e. The van der Waals surface area contributed by atoms with E-state index in [9.17, 15) is 56.2 Å². The summed E-state index contributed by atoms with van der Waals surface area (Å²) in [5, 5.41) is 111. The molecular weight excluding hydrogens is 650 g/mol. The van der Waals surface area contributed by atoms with E-state index in [1.54, 1.807) is 0 Å². The van der Waals surface area contributed by atoms with Crippen LogP contribution in [0.5, 0.6) is 0 Å². The molecule has 3 fully saturated rings. The van der Waals surface area contributed by atoms with Crippen LogP contribution in [0.1, 0.15) is 0 Å². The maximum Gasteiger partial charge on any atom is 0.277 e. The fourth-order valence-electron chi connectivity index (χ4n) is 5.02. The maximum absolute atomic E-state index is 10.7. The van der Waals surface area contributed by atoms with Crippen LogP contribution in [0.2, 0.25) is 0 Å². The second-order valence-corrected chi connectivity index (χ2v) is 11.7. The molecule has 25 heteroatoms. The minimum atomic E-state index is -3.16. The van der Waals surface area contributed by atoms with E-state index in [2.05, 4.69) is 4.84 Å². The smallest absolute Gasteiger partial charge is 0.277 e. The molecule has 3 aliphatic heterocycles. The first-order valence-corrected chi connectivity index (χ1v) is 14.0. The van der Waals surface area contributed by atoms with Gasteiger partial charge in [0.2, 0.25) is 5.72 Å². The van der Waals surface area contributed by atoms with Crippen LogP contribution in [0.15, 0.2) is 0 Å². The number of hydrogen-bond donors (Lipinski definition) is 18. The van der Waals surface area contributed by atoms with Crippen LogP contribution < -0.4 is 40.3 Å². The average molecular weight is 698 g/mol. The summed E-state index contributed by atoms with van der Waals surface area (Å²) in [4.78, 5) is 4.59. The fraction of sp³-hybridized carbons (Fsp3) is 1.00. The van der Waals surface area contributed by atoms with E-state index in [1.165, 1.54) is 0 Å². The number of aliphatic hydroxyl groups excluding tert-OH is 11. The van der Waals surface area contributed by atoms with E-state index in [0.29, 0.717) is 0 Å². The summed E-state index contributed by atoms with van der Waals surface area (Å²) in [7, 11) is 0. The molecule has 0 spiro atoms. The zero-order valence-electron chi connectivity index (χ0n) is 24.7. The van der Waals surface area contributed by atoms with Crippen LogP contribution in [0.3, 0.4) is 0 Å². The molecule has 0 saturated carbocycles. The first-order valence-electron chi connectivity index (χ1n) is 14.0. The Balaban J connectivity index is 1.98. The Kier molecular flexibility index (Phi) is 13.0. The van der Waals surface area contributed by atoms with Gasteiger partial charge in [0.05, 0.1) is 26.4 Å². The lowest BCUT2D eigenvalue weighted by Gasteiger charge is -2.56. The summed E-state index contributed by atoms with van der Waals surface area (Å²) in [6.45, 7) is -3.81. The summed E-state index contributed by atoms with van der Waals surface area (Å²) in [5.74, 6) is -0.954. The molecular formula is C22H47N7O18. The van der Waals surface area contributed by atoms with Gasteiger partial charge in [-0.05, 0) is 0 Å². The van der Waals surface area contributed by atoms with E-state index >= 15 is 0 Å². The van der Waals surface area contributed by atoms with Gasteiger partial charge in [-0.3, -0.25) is 32.5 Å². The molecule has 47 heavy (non-hydrogen) atoms. The molecule has 0 aliphatic carbocycles. The quantitative estimate of drug-likeness (QED) is 0.0627. The predicted octanol–water partition coefficient (Wildman–Crippen LogP) is -12.5. The van der Waals surface area contributed by atoms with Gasteiger partial charge in [-0.1, -0.05) is 0 Å². The first-order chi connectivity index (χ1) is 21.6. The molecule has 3 heterocycles. The van der Waals surface area contributed by atoms with Gasteiger partial charge in [0, 0.05) is 0 Å². The maximum atomic E-state index is 10.7. The Morgan fingerprint density at radius 1 is 0.702 bits per heavy atom. The number of nitrogens with two attached hydrogens (primary N) is 7. The molecule has 0 aromatic rings. The van der Waals surface area contributed by atoms with Gasteiger partial charge in [-0.2, -0.15) is 0 Å². The molecule has 16 atom stereocenters. The monoisotopic (exact) mass is 697 g/mol. The van der Waals surface area contributed by atoms with Gasteiger partial charge in [0.25, 0.3) is 5.91 Å². The summed E-state index contributed by atoms with van der Waals surface area (Å²) in [6.07, 6.45) is -26.3. The van der Waals surface area contributed by atoms with Crippen molar-refractivity contribution in [3.05, 3.63) is 0 Å². The molecule has 278 valence electrons. The molecule has 0 aromatic carbocycles. The standard InChI is InChI=1S/C22H47N7O18/c23-16(40)14-13(38)15(39)20(25,47-29)22(28,45-14)46-21(26,27)19(24,3-41-17-11(36)9(34)7(32)5(1-30)43-17)4-42-18-12(37)10(35)8(33)6(2-31)44-18/h5-18,30-40H,1-4,23-29H2/t5-,6-,7+,8+,9+,10+,11-,12-,13+,14+,15+,16?,17-,18-,20-,22-/m1/s1. The van der Waals surface area contributed by atoms with Gasteiger partial charge in [-0.15, -0.1) is 0 Å². The molecule has 25 nitrogen and oxygen atoms in total. The molecule has 0 radical (unpaired) electrons. The third-order valence-corrected chi connectivity index (χ3v) is 8.29. The van der Waals surface area contributed by atoms with E-state index < -0.39 is 135 Å². The predicted molar refractivity (Wildman–Crippen MR) is 145 cm³/mol. The van der Waals surface area contributed by atoms with Crippen molar-refractivity contribution in [1.29, 1.82) is 0 Å². The Morgan fingerprint density at radius 3 is 1.49 bits per heavy atom. The second kappa shape index (κ2) is 15.1. The van der Waals surface area contributed by atoms with Crippen LogP contribution in [0, 0.1) is 0 Å². The lowest BCUT2D eigenvalue weighted by Crippen LogP contribution is -2.88. The van der Waals surface area contributed by atoms with E-state index in [-0.39, 0.29) is 0 Å². The van der Waals surface area contributed by atoms with Gasteiger partial charge in [-0.25, -0.2) is 5.90 Å². The Hall–Kier alpha value is -1.00. The van der Waals surface area contributed by atoms with Gasteiger partial charge < -0.3 is 91.3 Å². The zero-order valence-corrected chi connectivity index (χ0v) is 24.7. The average Bonchev–Trinajstić information content (AvgIpc) is 3.02. The Labute approximate surface area is 265 Å². The molecule has 3 aliphatic rings. The van der Waals surface area contributed by atoms with Gasteiger partial charge >= 0.3 is 0 Å². The first kappa shape index (κ1) is 40.4. The highest BCUT2D eigenvalue weighted by molar-refractivity contribution is 5.08. The molecule has 0 amide bonds. The fourth-order valence-corrected chi connectivity index (χ4v) is 5.02. The van der Waals surface area contributed by atoms with Crippen molar-refractivity contribution in [3.8, 4) is 0 Å². The Morgan fingerprint density at radius 2 is 1.13 bits per heavy atom. The minimum Gasteiger partial charge on any atom is -0.394 e. The molecule has 0 bridgehead atoms. The normalized spacial score (nSPS) is 46.0. The van der Waals surface area contributed by atoms with Crippen LogP contribution in [0.4, 0.5) is 0 Å². The van der Waals surface area contributed by atoms with Gasteiger partial charge in [0.1, 0.15) is 78.9 Å². The lowest BCUT2D eigenvalue weighted by molar-refractivity contribution is -0.439. The highest BCUT2D eigenvalue weighted by atomic mass is 16.8. The van der Waals surface area contributed by atoms with Crippen LogP contribution >= 0.6 is 0 Å². The van der Waals surface area contributed by atoms with Crippen molar-refractivity contribution in [2.75, 3.05) is 26.4 Å². The SMILES string of the molecule is NO[C@]1(N)[C@@H](O)[C@@H](O)[C@@H](C(N)O)O[C@@]1(N)OC(N)(N)C(N)(CO[C@@H]1O[C@H](CO)[C@H](O)[C@H](O)[C@H]1O)CO[C@@H]1O[C@H](CO)[C@H](O)[C@H](O)[C@H]1O. The highest BCUT2D eigenvalue weighted by Gasteiger charge is 2.68. The Bertz CT molecular complexity index is 981. The van der Waals surface area contributed by atoms with Crippen molar-refractivity contribution in [2.45, 2.75) is 109 Å². The molecule has 3 saturated heterocycles. The summed E-state index contributed by atoms with van der Waals surface area (Å²) < 4.78 is 32.4. The summed E-state index contributed by atoms with van der Waals surface area (Å²) in [5.41, 5.74) is 31.0. The van der Waals surface area contributed by atoms with Crippen molar-refractivity contribution in [1.82, 2.24) is 0 Å². The third-order valence-electron chi connectivity index (χ3n) is 8.29. The summed E-state index contributed by atoms with van der Waals surface area (Å²) >= 11 is 0. The number of rotatable bonds is 13. The number of ether oxygens (including phenoxy) is 6. The van der Waals surface area contributed by atoms with E-state index in [4.69, 9.17) is 68.7 Å². The van der Waals surface area contributed by atoms with Gasteiger partial charge in [0.15, 0.2) is 18.4 Å². The van der Waals surface area contributed by atoms with Crippen molar-refractivity contribution < 1.29 is 89.4 Å². The minimum absolute atomic E-state index is 0.841. The zero-order chi connectivity index (χ0) is 35.9. The molecule has 3 rings (SSSR count). The van der Waals surface area contributed by atoms with Crippen molar-refractivity contribution in [3.63, 3.8) is 0 Å². The van der Waals surface area contributed by atoms with E-state index in [0.717, 1.165) is 0 Å². The highest BCUT2D eigenvalue weighted by Crippen LogP contribution is 2.38. The van der Waals surface area contributed by atoms with Crippen LogP contribution in [-0.2, 0) is 33.3 Å². The number of hydrogen-bond acceptors (Lipinski definition) is 25. The van der Waals surface area contributed by atoms with Crippen LogP contribution in [-0.4, -0.2) is 192 Å². The topological polar surface area (TPSA) is 469 Å². The molecule has 25 N–H and O–H groups in total. The molecule has 0 aromatic heterocycles. The lowest BCUT2D eigenvalue weighted by atomic mass is 9.89. The van der Waals surface area contributed by atoms with Crippen LogP contribution in [0.25, 0.3) is 0 Å². The summed E-state index contributed by atoms with van der Waals surface area (Å²) in [6, 6.07) is 0. The molecule has 1 unspecified atom stereocenters.